The summed E-state index contributed by atoms with van der Waals surface area (Å²) in [6.45, 7) is 10.4. The lowest BCUT2D eigenvalue weighted by Crippen LogP contribution is -2.50. The molecule has 3 aromatic rings. The van der Waals surface area contributed by atoms with E-state index in [0.29, 0.717) is 13.1 Å². The highest BCUT2D eigenvalue weighted by Gasteiger charge is 2.27. The van der Waals surface area contributed by atoms with Gasteiger partial charge in [-0.3, -0.25) is 4.98 Å². The predicted octanol–water partition coefficient (Wildman–Crippen LogP) is 4.10. The Kier molecular flexibility index (Phi) is 5.00. The standard InChI is InChI=1S/C23H30N4O3/c1-15-21-16(7-8-24-15)17-13-19(20(29-6)14-18(17)25(21)5)26-9-11-27(12-10-26)22(28)30-23(2,3)4/h7-8,13-14H,9-12H2,1-6H3. The fourth-order valence-corrected chi connectivity index (χ4v) is 4.24. The van der Waals surface area contributed by atoms with E-state index in [4.69, 9.17) is 9.47 Å². The minimum Gasteiger partial charge on any atom is -0.495 e. The van der Waals surface area contributed by atoms with E-state index in [1.807, 2.05) is 33.9 Å². The summed E-state index contributed by atoms with van der Waals surface area (Å²) in [4.78, 5) is 20.9. The van der Waals surface area contributed by atoms with Crippen molar-refractivity contribution >= 4 is 33.6 Å². The van der Waals surface area contributed by atoms with Gasteiger partial charge in [0.15, 0.2) is 0 Å². The largest absolute Gasteiger partial charge is 0.495 e. The SMILES string of the molecule is COc1cc2c(cc1N1CCN(C(=O)OC(C)(C)C)CC1)c1ccnc(C)c1n2C. The van der Waals surface area contributed by atoms with Crippen molar-refractivity contribution in [3.8, 4) is 5.75 Å². The Morgan fingerprint density at radius 3 is 2.43 bits per heavy atom. The van der Waals surface area contributed by atoms with Gasteiger partial charge in [-0.25, -0.2) is 4.79 Å². The zero-order valence-electron chi connectivity index (χ0n) is 18.7. The molecule has 0 unspecified atom stereocenters. The van der Waals surface area contributed by atoms with Gasteiger partial charge in [0.25, 0.3) is 0 Å². The predicted molar refractivity (Wildman–Crippen MR) is 120 cm³/mol. The highest BCUT2D eigenvalue weighted by Crippen LogP contribution is 2.38. The van der Waals surface area contributed by atoms with Crippen molar-refractivity contribution in [3.05, 3.63) is 30.1 Å². The number of carbonyl (C=O) groups is 1. The van der Waals surface area contributed by atoms with Gasteiger partial charge in [0.1, 0.15) is 11.4 Å². The lowest BCUT2D eigenvalue weighted by atomic mass is 10.1. The Hall–Kier alpha value is -2.96. The number of aromatic nitrogens is 2. The van der Waals surface area contributed by atoms with Crippen LogP contribution in [0.5, 0.6) is 5.75 Å². The summed E-state index contributed by atoms with van der Waals surface area (Å²) < 4.78 is 13.5. The number of anilines is 1. The van der Waals surface area contributed by atoms with Crippen molar-refractivity contribution in [3.63, 3.8) is 0 Å². The minimum atomic E-state index is -0.482. The summed E-state index contributed by atoms with van der Waals surface area (Å²) >= 11 is 0. The second-order valence-corrected chi connectivity index (χ2v) is 8.85. The van der Waals surface area contributed by atoms with E-state index in [1.54, 1.807) is 12.0 Å². The highest BCUT2D eigenvalue weighted by atomic mass is 16.6. The van der Waals surface area contributed by atoms with E-state index in [1.165, 1.54) is 10.8 Å². The molecule has 7 nitrogen and oxygen atoms in total. The Balaban J connectivity index is 1.66. The number of hydrogen-bond donors (Lipinski definition) is 0. The first-order valence-corrected chi connectivity index (χ1v) is 10.3. The maximum Gasteiger partial charge on any atom is 0.410 e. The molecule has 1 fully saturated rings. The van der Waals surface area contributed by atoms with E-state index >= 15 is 0 Å². The van der Waals surface area contributed by atoms with Crippen molar-refractivity contribution < 1.29 is 14.3 Å². The number of nitrogens with zero attached hydrogens (tertiary/aromatic N) is 4. The van der Waals surface area contributed by atoms with Crippen LogP contribution in [0.15, 0.2) is 24.4 Å². The molecule has 0 saturated carbocycles. The summed E-state index contributed by atoms with van der Waals surface area (Å²) in [5.74, 6) is 0.838. The molecule has 1 aromatic carbocycles. The maximum absolute atomic E-state index is 12.4. The fraction of sp³-hybridized carbons (Fsp3) is 0.478. The van der Waals surface area contributed by atoms with Gasteiger partial charge in [0.05, 0.1) is 29.5 Å². The molecule has 1 amide bonds. The third-order valence-electron chi connectivity index (χ3n) is 5.66. The zero-order valence-corrected chi connectivity index (χ0v) is 18.7. The van der Waals surface area contributed by atoms with Gasteiger partial charge in [0.2, 0.25) is 0 Å². The summed E-state index contributed by atoms with van der Waals surface area (Å²) in [5, 5.41) is 2.37. The average molecular weight is 411 g/mol. The van der Waals surface area contributed by atoms with Gasteiger partial charge in [-0.2, -0.15) is 0 Å². The molecule has 4 rings (SSSR count). The van der Waals surface area contributed by atoms with Crippen molar-refractivity contribution in [1.29, 1.82) is 0 Å². The number of ether oxygens (including phenoxy) is 2. The van der Waals surface area contributed by atoms with E-state index < -0.39 is 5.60 Å². The van der Waals surface area contributed by atoms with Crippen LogP contribution in [-0.2, 0) is 11.8 Å². The van der Waals surface area contributed by atoms with Gasteiger partial charge in [-0.15, -0.1) is 0 Å². The smallest absolute Gasteiger partial charge is 0.410 e. The van der Waals surface area contributed by atoms with Gasteiger partial charge < -0.3 is 23.8 Å². The number of carbonyl (C=O) groups excluding carboxylic acids is 1. The van der Waals surface area contributed by atoms with Crippen LogP contribution < -0.4 is 9.64 Å². The molecular formula is C23H30N4O3. The third-order valence-corrected chi connectivity index (χ3v) is 5.66. The molecule has 0 N–H and O–H groups in total. The molecular weight excluding hydrogens is 380 g/mol. The molecule has 7 heteroatoms. The lowest BCUT2D eigenvalue weighted by molar-refractivity contribution is 0.0240. The second-order valence-electron chi connectivity index (χ2n) is 8.85. The maximum atomic E-state index is 12.4. The second kappa shape index (κ2) is 7.38. The molecule has 1 aliphatic heterocycles. The molecule has 2 aromatic heterocycles. The van der Waals surface area contributed by atoms with Gasteiger partial charge in [-0.1, -0.05) is 0 Å². The number of aryl methyl sites for hydroxylation is 2. The first kappa shape index (κ1) is 20.3. The number of amides is 1. The first-order valence-electron chi connectivity index (χ1n) is 10.3. The van der Waals surface area contributed by atoms with Crippen molar-refractivity contribution in [2.24, 2.45) is 7.05 Å². The Bertz CT molecular complexity index is 1110. The zero-order chi connectivity index (χ0) is 21.6. The minimum absolute atomic E-state index is 0.249. The molecule has 0 aliphatic carbocycles. The Morgan fingerprint density at radius 2 is 1.80 bits per heavy atom. The van der Waals surface area contributed by atoms with Crippen LogP contribution >= 0.6 is 0 Å². The molecule has 0 radical (unpaired) electrons. The number of piperazine rings is 1. The van der Waals surface area contributed by atoms with E-state index in [0.717, 1.165) is 41.3 Å². The number of methoxy groups -OCH3 is 1. The molecule has 1 aliphatic rings. The molecule has 0 spiro atoms. The molecule has 0 atom stereocenters. The van der Waals surface area contributed by atoms with Crippen LogP contribution in [0.1, 0.15) is 26.5 Å². The van der Waals surface area contributed by atoms with Crippen molar-refractivity contribution in [2.45, 2.75) is 33.3 Å². The molecule has 0 bridgehead atoms. The molecule has 1 saturated heterocycles. The van der Waals surface area contributed by atoms with Crippen molar-refractivity contribution in [1.82, 2.24) is 14.5 Å². The van der Waals surface area contributed by atoms with Gasteiger partial charge in [-0.05, 0) is 39.8 Å². The van der Waals surface area contributed by atoms with Crippen molar-refractivity contribution in [2.75, 3.05) is 38.2 Å². The quantitative estimate of drug-likeness (QED) is 0.637. The van der Waals surface area contributed by atoms with Crippen LogP contribution in [0.3, 0.4) is 0 Å². The number of pyridine rings is 1. The van der Waals surface area contributed by atoms with Crippen LogP contribution in [0, 0.1) is 6.92 Å². The monoisotopic (exact) mass is 410 g/mol. The third kappa shape index (κ3) is 3.53. The Morgan fingerprint density at radius 1 is 1.10 bits per heavy atom. The molecule has 3 heterocycles. The number of rotatable bonds is 2. The Labute approximate surface area is 177 Å². The number of hydrogen-bond acceptors (Lipinski definition) is 5. The first-order chi connectivity index (χ1) is 14.2. The van der Waals surface area contributed by atoms with E-state index in [2.05, 4.69) is 39.7 Å². The summed E-state index contributed by atoms with van der Waals surface area (Å²) in [6.07, 6.45) is 1.61. The normalized spacial score (nSPS) is 15.1. The van der Waals surface area contributed by atoms with E-state index in [9.17, 15) is 4.79 Å². The van der Waals surface area contributed by atoms with Crippen LogP contribution in [-0.4, -0.2) is 59.4 Å². The van der Waals surface area contributed by atoms with E-state index in [-0.39, 0.29) is 6.09 Å². The summed E-state index contributed by atoms with van der Waals surface area (Å²) in [5.41, 5.74) is 3.84. The number of benzene rings is 1. The van der Waals surface area contributed by atoms with Gasteiger partial charge in [0, 0.05) is 56.3 Å². The van der Waals surface area contributed by atoms with Crippen LogP contribution in [0.4, 0.5) is 10.5 Å². The fourth-order valence-electron chi connectivity index (χ4n) is 4.24. The van der Waals surface area contributed by atoms with Gasteiger partial charge >= 0.3 is 6.09 Å². The van der Waals surface area contributed by atoms with Crippen LogP contribution in [0.2, 0.25) is 0 Å². The molecule has 160 valence electrons. The number of fused-ring (bicyclic) bond motifs is 3. The summed E-state index contributed by atoms with van der Waals surface area (Å²) in [6, 6.07) is 6.38. The molecule has 30 heavy (non-hydrogen) atoms. The lowest BCUT2D eigenvalue weighted by Gasteiger charge is -2.37. The summed E-state index contributed by atoms with van der Waals surface area (Å²) in [7, 11) is 3.77. The topological polar surface area (TPSA) is 59.8 Å². The van der Waals surface area contributed by atoms with Crippen LogP contribution in [0.25, 0.3) is 21.8 Å². The highest BCUT2D eigenvalue weighted by molar-refractivity contribution is 6.10. The average Bonchev–Trinajstić information content (AvgIpc) is 2.98.